The van der Waals surface area contributed by atoms with Crippen LogP contribution in [0.2, 0.25) is 0 Å². The van der Waals surface area contributed by atoms with Gasteiger partial charge in [-0.3, -0.25) is 9.78 Å². The average Bonchev–Trinajstić information content (AvgIpc) is 2.95. The van der Waals surface area contributed by atoms with Crippen LogP contribution in [0.1, 0.15) is 44.0 Å². The Morgan fingerprint density at radius 2 is 1.90 bits per heavy atom. The van der Waals surface area contributed by atoms with Crippen LogP contribution in [0.5, 0.6) is 0 Å². The minimum atomic E-state index is -4.45. The van der Waals surface area contributed by atoms with Gasteiger partial charge in [0.25, 0.3) is 0 Å². The molecule has 0 unspecified atom stereocenters. The van der Waals surface area contributed by atoms with E-state index >= 15 is 0 Å². The third-order valence-electron chi connectivity index (χ3n) is 4.36. The molecular formula is C21H23F3N4O. The van der Waals surface area contributed by atoms with Gasteiger partial charge in [0.1, 0.15) is 11.5 Å². The van der Waals surface area contributed by atoms with Crippen molar-refractivity contribution >= 4 is 22.8 Å². The minimum Gasteiger partial charge on any atom is -0.342 e. The fourth-order valence-electron chi connectivity index (χ4n) is 3.01. The van der Waals surface area contributed by atoms with E-state index in [1.807, 2.05) is 50.6 Å². The molecule has 8 heteroatoms. The topological polar surface area (TPSA) is 59.8 Å². The third-order valence-corrected chi connectivity index (χ3v) is 4.36. The zero-order valence-corrected chi connectivity index (χ0v) is 16.8. The Morgan fingerprint density at radius 3 is 2.48 bits per heavy atom. The molecule has 0 saturated carbocycles. The molecule has 0 aliphatic heterocycles. The van der Waals surface area contributed by atoms with E-state index in [2.05, 4.69) is 15.3 Å². The van der Waals surface area contributed by atoms with Crippen LogP contribution in [0.25, 0.3) is 11.0 Å². The summed E-state index contributed by atoms with van der Waals surface area (Å²) in [5.41, 5.74) is 1.95. The molecule has 5 nitrogen and oxygen atoms in total. The summed E-state index contributed by atoms with van der Waals surface area (Å²) in [7, 11) is 0. The zero-order chi connectivity index (χ0) is 21.4. The lowest BCUT2D eigenvalue weighted by atomic mass is 9.92. The number of nitrogens with one attached hydrogen (secondary N) is 1. The number of aryl methyl sites for hydroxylation is 1. The van der Waals surface area contributed by atoms with Gasteiger partial charge in [-0.25, -0.2) is 4.98 Å². The summed E-state index contributed by atoms with van der Waals surface area (Å²) in [6.45, 7) is 8.20. The number of pyridine rings is 2. The summed E-state index contributed by atoms with van der Waals surface area (Å²) in [6, 6.07) is 6.12. The number of hydrogen-bond donors (Lipinski definition) is 1. The van der Waals surface area contributed by atoms with Crippen LogP contribution in [-0.4, -0.2) is 20.4 Å². The van der Waals surface area contributed by atoms with Crippen LogP contribution in [0.4, 0.5) is 19.0 Å². The van der Waals surface area contributed by atoms with E-state index in [4.69, 9.17) is 0 Å². The predicted molar refractivity (Wildman–Crippen MR) is 106 cm³/mol. The van der Waals surface area contributed by atoms with Gasteiger partial charge in [0, 0.05) is 25.4 Å². The lowest BCUT2D eigenvalue weighted by Gasteiger charge is -2.17. The molecule has 0 saturated heterocycles. The normalized spacial score (nSPS) is 12.4. The number of halogens is 3. The zero-order valence-electron chi connectivity index (χ0n) is 16.8. The highest BCUT2D eigenvalue weighted by Gasteiger charge is 2.32. The van der Waals surface area contributed by atoms with Gasteiger partial charge in [0.05, 0.1) is 11.0 Å². The second-order valence-electron chi connectivity index (χ2n) is 8.34. The second-order valence-corrected chi connectivity index (χ2v) is 8.34. The Balaban J connectivity index is 1.81. The van der Waals surface area contributed by atoms with E-state index < -0.39 is 11.9 Å². The van der Waals surface area contributed by atoms with Crippen LogP contribution in [0, 0.1) is 12.3 Å². The van der Waals surface area contributed by atoms with Crippen molar-refractivity contribution in [2.75, 3.05) is 5.32 Å². The molecule has 0 bridgehead atoms. The molecule has 3 heterocycles. The van der Waals surface area contributed by atoms with Crippen molar-refractivity contribution in [3.05, 3.63) is 53.5 Å². The molecule has 0 aromatic carbocycles. The Kier molecular flexibility index (Phi) is 5.38. The van der Waals surface area contributed by atoms with Crippen LogP contribution < -0.4 is 5.32 Å². The van der Waals surface area contributed by atoms with Gasteiger partial charge >= 0.3 is 6.18 Å². The lowest BCUT2D eigenvalue weighted by Crippen LogP contribution is -2.20. The van der Waals surface area contributed by atoms with Gasteiger partial charge in [-0.05, 0) is 41.7 Å². The molecule has 154 valence electrons. The summed E-state index contributed by atoms with van der Waals surface area (Å²) in [4.78, 5) is 20.3. The fraction of sp³-hybridized carbons (Fsp3) is 0.381. The van der Waals surface area contributed by atoms with Gasteiger partial charge < -0.3 is 9.88 Å². The summed E-state index contributed by atoms with van der Waals surface area (Å²) >= 11 is 0. The van der Waals surface area contributed by atoms with E-state index in [1.54, 1.807) is 0 Å². The summed E-state index contributed by atoms with van der Waals surface area (Å²) in [5.74, 6) is 0.420. The van der Waals surface area contributed by atoms with Gasteiger partial charge in [0.15, 0.2) is 0 Å². The highest BCUT2D eigenvalue weighted by atomic mass is 19.4. The molecule has 0 fully saturated rings. The number of fused-ring (bicyclic) bond motifs is 1. The lowest BCUT2D eigenvalue weighted by molar-refractivity contribution is -0.141. The van der Waals surface area contributed by atoms with Gasteiger partial charge in [-0.1, -0.05) is 26.8 Å². The number of anilines is 1. The number of aromatic nitrogens is 3. The largest absolute Gasteiger partial charge is 0.433 e. The molecule has 1 amide bonds. The Labute approximate surface area is 167 Å². The van der Waals surface area contributed by atoms with Gasteiger partial charge in [-0.15, -0.1) is 0 Å². The van der Waals surface area contributed by atoms with E-state index in [1.165, 1.54) is 12.3 Å². The number of amides is 1. The summed E-state index contributed by atoms with van der Waals surface area (Å²) < 4.78 is 39.9. The van der Waals surface area contributed by atoms with Crippen molar-refractivity contribution in [1.29, 1.82) is 0 Å². The van der Waals surface area contributed by atoms with Crippen molar-refractivity contribution in [2.45, 2.75) is 46.8 Å². The Hall–Kier alpha value is -2.90. The van der Waals surface area contributed by atoms with E-state index in [0.29, 0.717) is 29.9 Å². The number of alkyl halides is 3. The molecule has 0 aliphatic rings. The number of carbonyl (C=O) groups excluding carboxylic acids is 1. The quantitative estimate of drug-likeness (QED) is 0.652. The molecular weight excluding hydrogens is 381 g/mol. The SMILES string of the molecule is Cc1cc2c(ccn2Cc2ccc(C(F)(F)F)nc2)nc1NC(=O)CC(C)(C)C. The van der Waals surface area contributed by atoms with Crippen LogP contribution in [0.3, 0.4) is 0 Å². The first-order valence-corrected chi connectivity index (χ1v) is 9.21. The molecule has 0 spiro atoms. The van der Waals surface area contributed by atoms with Crippen molar-refractivity contribution in [3.63, 3.8) is 0 Å². The highest BCUT2D eigenvalue weighted by molar-refractivity contribution is 5.92. The van der Waals surface area contributed by atoms with Crippen molar-refractivity contribution < 1.29 is 18.0 Å². The maximum atomic E-state index is 12.7. The molecule has 3 aromatic rings. The van der Waals surface area contributed by atoms with E-state index in [-0.39, 0.29) is 11.3 Å². The molecule has 1 N–H and O–H groups in total. The van der Waals surface area contributed by atoms with Crippen LogP contribution >= 0.6 is 0 Å². The monoisotopic (exact) mass is 404 g/mol. The summed E-state index contributed by atoms with van der Waals surface area (Å²) in [5, 5.41) is 2.86. The first-order valence-electron chi connectivity index (χ1n) is 9.21. The third kappa shape index (κ3) is 5.13. The number of rotatable bonds is 4. The number of nitrogens with zero attached hydrogens (tertiary/aromatic N) is 3. The average molecular weight is 404 g/mol. The molecule has 29 heavy (non-hydrogen) atoms. The van der Waals surface area contributed by atoms with Gasteiger partial charge in [0.2, 0.25) is 5.91 Å². The maximum absolute atomic E-state index is 12.7. The van der Waals surface area contributed by atoms with Crippen molar-refractivity contribution in [2.24, 2.45) is 5.41 Å². The van der Waals surface area contributed by atoms with E-state index in [9.17, 15) is 18.0 Å². The number of carbonyl (C=O) groups is 1. The fourth-order valence-corrected chi connectivity index (χ4v) is 3.01. The second kappa shape index (κ2) is 7.50. The van der Waals surface area contributed by atoms with Gasteiger partial charge in [-0.2, -0.15) is 13.2 Å². The summed E-state index contributed by atoms with van der Waals surface area (Å²) in [6.07, 6.45) is -1.02. The molecule has 0 atom stereocenters. The molecule has 3 rings (SSSR count). The Bertz CT molecular complexity index is 1030. The first kappa shape index (κ1) is 20.8. The molecule has 0 aliphatic carbocycles. The predicted octanol–water partition coefficient (Wildman–Crippen LogP) is 5.18. The highest BCUT2D eigenvalue weighted by Crippen LogP contribution is 2.28. The number of hydrogen-bond acceptors (Lipinski definition) is 3. The standard InChI is InChI=1S/C21H23F3N4O/c1-13-9-16-15(26-19(13)27-18(29)10-20(2,3)4)7-8-28(16)12-14-5-6-17(25-11-14)21(22,23)24/h5-9,11H,10,12H2,1-4H3,(H,26,27,29). The Morgan fingerprint density at radius 1 is 1.17 bits per heavy atom. The van der Waals surface area contributed by atoms with E-state index in [0.717, 1.165) is 17.1 Å². The first-order chi connectivity index (χ1) is 13.4. The minimum absolute atomic E-state index is 0.0947. The molecule has 3 aromatic heterocycles. The van der Waals surface area contributed by atoms with Crippen molar-refractivity contribution in [1.82, 2.24) is 14.5 Å². The maximum Gasteiger partial charge on any atom is 0.433 e. The van der Waals surface area contributed by atoms with Crippen LogP contribution in [0.15, 0.2) is 36.7 Å². The van der Waals surface area contributed by atoms with Crippen LogP contribution in [-0.2, 0) is 17.5 Å². The van der Waals surface area contributed by atoms with Crippen molar-refractivity contribution in [3.8, 4) is 0 Å². The smallest absolute Gasteiger partial charge is 0.342 e. The molecule has 0 radical (unpaired) electrons.